The number of rotatable bonds is 4. The quantitative estimate of drug-likeness (QED) is 0.508. The number of nitrogens with one attached hydrogen (secondary N) is 1. The molecule has 6 heteroatoms. The second-order valence-electron chi connectivity index (χ2n) is 7.62. The van der Waals surface area contributed by atoms with E-state index in [1.54, 1.807) is 0 Å². The molecule has 0 bridgehead atoms. The van der Waals surface area contributed by atoms with Gasteiger partial charge in [0.15, 0.2) is 0 Å². The molecule has 2 heterocycles. The summed E-state index contributed by atoms with van der Waals surface area (Å²) in [6.45, 7) is 7.90. The first kappa shape index (κ1) is 20.0. The van der Waals surface area contributed by atoms with Crippen molar-refractivity contribution in [1.29, 1.82) is 0 Å². The fourth-order valence-corrected chi connectivity index (χ4v) is 4.62. The third kappa shape index (κ3) is 3.78. The van der Waals surface area contributed by atoms with Crippen molar-refractivity contribution < 1.29 is 4.79 Å². The number of fused-ring (bicyclic) bond motifs is 1. The van der Waals surface area contributed by atoms with Crippen LogP contribution in [-0.4, -0.2) is 15.5 Å². The molecule has 2 aromatic heterocycles. The van der Waals surface area contributed by atoms with Gasteiger partial charge in [-0.05, 0) is 44.9 Å². The second-order valence-corrected chi connectivity index (χ2v) is 8.83. The number of nitrogens with zero attached hydrogens (tertiary/aromatic N) is 2. The highest BCUT2D eigenvalue weighted by Crippen LogP contribution is 2.35. The third-order valence-electron chi connectivity index (χ3n) is 5.16. The fourth-order valence-electron chi connectivity index (χ4n) is 3.62. The minimum absolute atomic E-state index is 0.0860. The van der Waals surface area contributed by atoms with Gasteiger partial charge < -0.3 is 5.32 Å². The molecule has 2 aromatic carbocycles. The zero-order valence-corrected chi connectivity index (χ0v) is 18.3. The van der Waals surface area contributed by atoms with Crippen molar-refractivity contribution in [3.8, 4) is 11.1 Å². The maximum atomic E-state index is 13.3. The summed E-state index contributed by atoms with van der Waals surface area (Å²) in [5, 5.41) is 3.47. The monoisotopic (exact) mass is 417 g/mol. The Kier molecular flexibility index (Phi) is 5.26. The van der Waals surface area contributed by atoms with Crippen molar-refractivity contribution in [2.75, 3.05) is 5.32 Å². The first-order valence-electron chi connectivity index (χ1n) is 9.76. The van der Waals surface area contributed by atoms with Crippen molar-refractivity contribution in [2.45, 2.75) is 34.2 Å². The lowest BCUT2D eigenvalue weighted by molar-refractivity contribution is -0.116. The molecule has 0 spiro atoms. The molecule has 5 nitrogen and oxygen atoms in total. The van der Waals surface area contributed by atoms with E-state index in [0.717, 1.165) is 38.4 Å². The molecule has 0 fully saturated rings. The zero-order valence-electron chi connectivity index (χ0n) is 17.4. The summed E-state index contributed by atoms with van der Waals surface area (Å²) in [5.41, 5.74) is 5.72. The van der Waals surface area contributed by atoms with Crippen LogP contribution >= 0.6 is 11.3 Å². The predicted octanol–water partition coefficient (Wildman–Crippen LogP) is 5.00. The van der Waals surface area contributed by atoms with Gasteiger partial charge in [0.05, 0.1) is 11.7 Å². The van der Waals surface area contributed by atoms with Crippen LogP contribution in [0.3, 0.4) is 0 Å². The number of aryl methyl sites for hydroxylation is 4. The smallest absolute Gasteiger partial charge is 0.263 e. The van der Waals surface area contributed by atoms with Crippen LogP contribution in [0.2, 0.25) is 0 Å². The lowest BCUT2D eigenvalue weighted by atomic mass is 10.0. The molecule has 0 atom stereocenters. The van der Waals surface area contributed by atoms with Crippen molar-refractivity contribution in [2.24, 2.45) is 0 Å². The number of carbonyl (C=O) groups is 1. The van der Waals surface area contributed by atoms with E-state index in [1.807, 2.05) is 70.2 Å². The van der Waals surface area contributed by atoms with Gasteiger partial charge in [0.1, 0.15) is 11.4 Å². The molecule has 0 saturated heterocycles. The third-order valence-corrected chi connectivity index (χ3v) is 6.18. The number of aromatic nitrogens is 2. The average Bonchev–Trinajstić information content (AvgIpc) is 3.04. The molecule has 0 aliphatic carbocycles. The number of thiophene rings is 1. The van der Waals surface area contributed by atoms with Gasteiger partial charge in [-0.25, -0.2) is 4.98 Å². The van der Waals surface area contributed by atoms with Gasteiger partial charge in [-0.15, -0.1) is 11.3 Å². The van der Waals surface area contributed by atoms with Crippen LogP contribution in [-0.2, 0) is 11.3 Å². The SMILES string of the molecule is Cc1ccc(-c2c(C)sc3ncn(CC(=O)Nc4ccc(C)cc4C)c(=O)c23)cc1. The molecule has 1 N–H and O–H groups in total. The highest BCUT2D eigenvalue weighted by molar-refractivity contribution is 7.19. The molecule has 1 amide bonds. The van der Waals surface area contributed by atoms with E-state index in [4.69, 9.17) is 0 Å². The lowest BCUT2D eigenvalue weighted by Crippen LogP contribution is -2.28. The standard InChI is InChI=1S/C24H23N3O2S/c1-14-5-8-18(9-6-14)21-17(4)30-23-22(21)24(29)27(13-25-23)12-20(28)26-19-10-7-15(2)11-16(19)3/h5-11,13H,12H2,1-4H3,(H,26,28). The largest absolute Gasteiger partial charge is 0.324 e. The summed E-state index contributed by atoms with van der Waals surface area (Å²) >= 11 is 1.50. The first-order chi connectivity index (χ1) is 14.3. The minimum Gasteiger partial charge on any atom is -0.324 e. The number of hydrogen-bond acceptors (Lipinski definition) is 4. The van der Waals surface area contributed by atoms with E-state index in [1.165, 1.54) is 22.2 Å². The van der Waals surface area contributed by atoms with Crippen LogP contribution in [0.4, 0.5) is 5.69 Å². The number of hydrogen-bond donors (Lipinski definition) is 1. The highest BCUT2D eigenvalue weighted by atomic mass is 32.1. The fraction of sp³-hybridized carbons (Fsp3) is 0.208. The molecule has 0 radical (unpaired) electrons. The number of carbonyl (C=O) groups excluding carboxylic acids is 1. The van der Waals surface area contributed by atoms with Crippen molar-refractivity contribution in [3.63, 3.8) is 0 Å². The van der Waals surface area contributed by atoms with Crippen molar-refractivity contribution in [3.05, 3.63) is 80.7 Å². The van der Waals surface area contributed by atoms with E-state index >= 15 is 0 Å². The maximum absolute atomic E-state index is 13.3. The molecule has 0 aliphatic heterocycles. The summed E-state index contributed by atoms with van der Waals surface area (Å²) in [7, 11) is 0. The molecule has 0 unspecified atom stereocenters. The highest BCUT2D eigenvalue weighted by Gasteiger charge is 2.18. The number of anilines is 1. The maximum Gasteiger partial charge on any atom is 0.263 e. The van der Waals surface area contributed by atoms with Crippen molar-refractivity contribution >= 4 is 33.1 Å². The van der Waals surface area contributed by atoms with Crippen LogP contribution in [0.5, 0.6) is 0 Å². The lowest BCUT2D eigenvalue weighted by Gasteiger charge is -2.10. The Hall–Kier alpha value is -3.25. The van der Waals surface area contributed by atoms with Gasteiger partial charge >= 0.3 is 0 Å². The van der Waals surface area contributed by atoms with E-state index in [-0.39, 0.29) is 18.0 Å². The molecule has 4 aromatic rings. The van der Waals surface area contributed by atoms with E-state index in [9.17, 15) is 9.59 Å². The molecule has 30 heavy (non-hydrogen) atoms. The van der Waals surface area contributed by atoms with E-state index in [2.05, 4.69) is 10.3 Å². The molecule has 0 aliphatic rings. The van der Waals surface area contributed by atoms with Crippen LogP contribution < -0.4 is 10.9 Å². The van der Waals surface area contributed by atoms with Crippen LogP contribution in [0.1, 0.15) is 21.6 Å². The summed E-state index contributed by atoms with van der Waals surface area (Å²) in [6.07, 6.45) is 1.46. The topological polar surface area (TPSA) is 64.0 Å². The zero-order chi connectivity index (χ0) is 21.4. The Bertz CT molecular complexity index is 1320. The van der Waals surface area contributed by atoms with Gasteiger partial charge in [-0.3, -0.25) is 14.2 Å². The Morgan fingerprint density at radius 1 is 1.03 bits per heavy atom. The molecule has 152 valence electrons. The summed E-state index contributed by atoms with van der Waals surface area (Å²) in [5.74, 6) is -0.256. The summed E-state index contributed by atoms with van der Waals surface area (Å²) in [6, 6.07) is 13.9. The first-order valence-corrected chi connectivity index (χ1v) is 10.6. The van der Waals surface area contributed by atoms with E-state index < -0.39 is 0 Å². The molecule has 0 saturated carbocycles. The predicted molar refractivity (Wildman–Crippen MR) is 123 cm³/mol. The normalized spacial score (nSPS) is 11.1. The van der Waals surface area contributed by atoms with Gasteiger partial charge in [-0.2, -0.15) is 0 Å². The number of amides is 1. The molecular weight excluding hydrogens is 394 g/mol. The van der Waals surface area contributed by atoms with Crippen molar-refractivity contribution in [1.82, 2.24) is 9.55 Å². The van der Waals surface area contributed by atoms with Gasteiger partial charge in [0.2, 0.25) is 5.91 Å². The summed E-state index contributed by atoms with van der Waals surface area (Å²) in [4.78, 5) is 32.0. The van der Waals surface area contributed by atoms with Crippen LogP contribution in [0.15, 0.2) is 53.6 Å². The average molecular weight is 418 g/mol. The van der Waals surface area contributed by atoms with Gasteiger partial charge in [-0.1, -0.05) is 47.5 Å². The van der Waals surface area contributed by atoms with Crippen LogP contribution in [0, 0.1) is 27.7 Å². The molecule has 4 rings (SSSR count). The van der Waals surface area contributed by atoms with E-state index in [0.29, 0.717) is 10.2 Å². The minimum atomic E-state index is -0.256. The Balaban J connectivity index is 1.69. The summed E-state index contributed by atoms with van der Waals surface area (Å²) < 4.78 is 1.38. The Morgan fingerprint density at radius 2 is 1.73 bits per heavy atom. The van der Waals surface area contributed by atoms with Gasteiger partial charge in [0, 0.05) is 16.1 Å². The number of benzene rings is 2. The Labute approximate surface area is 179 Å². The van der Waals surface area contributed by atoms with Crippen LogP contribution in [0.25, 0.3) is 21.3 Å². The molecular formula is C24H23N3O2S. The van der Waals surface area contributed by atoms with Gasteiger partial charge in [0.25, 0.3) is 5.56 Å². The second kappa shape index (κ2) is 7.88. The Morgan fingerprint density at radius 3 is 2.43 bits per heavy atom.